The number of nitrogens with one attached hydrogen (secondary N) is 2. The van der Waals surface area contributed by atoms with Crippen molar-refractivity contribution in [3.63, 3.8) is 0 Å². The highest BCUT2D eigenvalue weighted by atomic mass is 15.1. The maximum atomic E-state index is 3.27. The monoisotopic (exact) mass is 156 g/mol. The van der Waals surface area contributed by atoms with Gasteiger partial charge in [0, 0.05) is 13.1 Å². The Morgan fingerprint density at radius 3 is 2.00 bits per heavy atom. The van der Waals surface area contributed by atoms with E-state index in [1.54, 1.807) is 0 Å². The van der Waals surface area contributed by atoms with E-state index in [1.165, 1.54) is 12.2 Å². The molecule has 0 bridgehead atoms. The molecular formula is C9H20N2. The van der Waals surface area contributed by atoms with Crippen LogP contribution in [0.4, 0.5) is 0 Å². The lowest BCUT2D eigenvalue weighted by atomic mass is 10.3. The van der Waals surface area contributed by atoms with Gasteiger partial charge in [-0.15, -0.1) is 0 Å². The Kier molecular flexibility index (Phi) is 7.00. The van der Waals surface area contributed by atoms with Gasteiger partial charge in [0.15, 0.2) is 0 Å². The lowest BCUT2D eigenvalue weighted by Gasteiger charge is -2.09. The lowest BCUT2D eigenvalue weighted by Crippen LogP contribution is -2.25. The van der Waals surface area contributed by atoms with E-state index in [2.05, 4.69) is 37.5 Å². The van der Waals surface area contributed by atoms with Crippen molar-refractivity contribution in [1.29, 1.82) is 0 Å². The summed E-state index contributed by atoms with van der Waals surface area (Å²) >= 11 is 0. The second-order valence-electron chi connectivity index (χ2n) is 2.47. The molecule has 0 aliphatic rings. The highest BCUT2D eigenvalue weighted by molar-refractivity contribution is 4.96. The lowest BCUT2D eigenvalue weighted by molar-refractivity contribution is 0.710. The van der Waals surface area contributed by atoms with E-state index >= 15 is 0 Å². The molecule has 0 saturated carbocycles. The zero-order valence-electron chi connectivity index (χ0n) is 7.91. The summed E-state index contributed by atoms with van der Waals surface area (Å²) in [5.74, 6) is 1.18. The van der Waals surface area contributed by atoms with Gasteiger partial charge in [-0.25, -0.2) is 0 Å². The summed E-state index contributed by atoms with van der Waals surface area (Å²) in [6.45, 7) is 8.38. The molecule has 0 spiro atoms. The minimum Gasteiger partial charge on any atom is -0.372 e. The summed E-state index contributed by atoms with van der Waals surface area (Å²) in [5.41, 5.74) is 0. The van der Waals surface area contributed by atoms with Crippen LogP contribution in [-0.4, -0.2) is 13.1 Å². The molecule has 2 N–H and O–H groups in total. The van der Waals surface area contributed by atoms with Gasteiger partial charge in [-0.1, -0.05) is 13.3 Å². The van der Waals surface area contributed by atoms with E-state index in [1.807, 2.05) is 0 Å². The van der Waals surface area contributed by atoms with Crippen LogP contribution in [-0.2, 0) is 0 Å². The summed E-state index contributed by atoms with van der Waals surface area (Å²) in [4.78, 5) is 0. The molecule has 0 radical (unpaired) electrons. The van der Waals surface area contributed by atoms with Crippen molar-refractivity contribution in [1.82, 2.24) is 10.6 Å². The van der Waals surface area contributed by atoms with Gasteiger partial charge in [0.2, 0.25) is 0 Å². The Hall–Kier alpha value is -0.660. The molecule has 0 fully saturated rings. The third-order valence-electron chi connectivity index (χ3n) is 1.37. The van der Waals surface area contributed by atoms with Crippen LogP contribution in [0.25, 0.3) is 0 Å². The molecule has 0 saturated heterocycles. The SMILES string of the molecule is CCCC=C(NCC)NCC. The predicted molar refractivity (Wildman–Crippen MR) is 50.3 cm³/mol. The molecule has 0 rings (SSSR count). The van der Waals surface area contributed by atoms with Gasteiger partial charge in [-0.05, 0) is 26.3 Å². The first kappa shape index (κ1) is 10.3. The van der Waals surface area contributed by atoms with Gasteiger partial charge in [0.25, 0.3) is 0 Å². The Morgan fingerprint density at radius 1 is 1.09 bits per heavy atom. The molecule has 2 nitrogen and oxygen atoms in total. The minimum absolute atomic E-state index is 0.989. The highest BCUT2D eigenvalue weighted by Gasteiger charge is 1.88. The van der Waals surface area contributed by atoms with Crippen molar-refractivity contribution in [3.8, 4) is 0 Å². The standard InChI is InChI=1S/C9H20N2/c1-4-7-8-9(10-5-2)11-6-3/h8,10-11H,4-7H2,1-3H3. The second kappa shape index (κ2) is 7.45. The third kappa shape index (κ3) is 5.77. The van der Waals surface area contributed by atoms with Gasteiger partial charge in [0.1, 0.15) is 0 Å². The van der Waals surface area contributed by atoms with Gasteiger partial charge >= 0.3 is 0 Å². The average Bonchev–Trinajstić information content (AvgIpc) is 2.01. The normalized spacial score (nSPS) is 9.00. The van der Waals surface area contributed by atoms with Crippen LogP contribution in [0.15, 0.2) is 11.9 Å². The van der Waals surface area contributed by atoms with Crippen LogP contribution >= 0.6 is 0 Å². The summed E-state index contributed by atoms with van der Waals surface area (Å²) in [6, 6.07) is 0. The molecule has 0 heterocycles. The zero-order chi connectivity index (χ0) is 8.53. The van der Waals surface area contributed by atoms with E-state index < -0.39 is 0 Å². The summed E-state index contributed by atoms with van der Waals surface area (Å²) in [6.07, 6.45) is 4.57. The van der Waals surface area contributed by atoms with Crippen molar-refractivity contribution >= 4 is 0 Å². The molecule has 0 aliphatic heterocycles. The largest absolute Gasteiger partial charge is 0.372 e. The van der Waals surface area contributed by atoms with E-state index in [0.29, 0.717) is 0 Å². The first-order chi connectivity index (χ1) is 5.35. The molecule has 0 aromatic rings. The molecule has 0 aromatic carbocycles. The van der Waals surface area contributed by atoms with E-state index in [4.69, 9.17) is 0 Å². The molecule has 66 valence electrons. The first-order valence-corrected chi connectivity index (χ1v) is 4.53. The number of hydrogen-bond donors (Lipinski definition) is 2. The fraction of sp³-hybridized carbons (Fsp3) is 0.778. The maximum absolute atomic E-state index is 3.27. The minimum atomic E-state index is 0.989. The number of unbranched alkanes of at least 4 members (excludes halogenated alkanes) is 1. The van der Waals surface area contributed by atoms with E-state index in [9.17, 15) is 0 Å². The van der Waals surface area contributed by atoms with Crippen molar-refractivity contribution in [3.05, 3.63) is 11.9 Å². The topological polar surface area (TPSA) is 24.1 Å². The van der Waals surface area contributed by atoms with Gasteiger partial charge in [0.05, 0.1) is 5.82 Å². The van der Waals surface area contributed by atoms with Crippen molar-refractivity contribution < 1.29 is 0 Å². The van der Waals surface area contributed by atoms with Crippen LogP contribution in [0.1, 0.15) is 33.6 Å². The average molecular weight is 156 g/mol. The highest BCUT2D eigenvalue weighted by Crippen LogP contribution is 1.91. The van der Waals surface area contributed by atoms with E-state index in [-0.39, 0.29) is 0 Å². The molecule has 2 heteroatoms. The van der Waals surface area contributed by atoms with Crippen LogP contribution in [0.5, 0.6) is 0 Å². The molecule has 11 heavy (non-hydrogen) atoms. The molecule has 0 aliphatic carbocycles. The number of hydrogen-bond acceptors (Lipinski definition) is 2. The molecule has 0 atom stereocenters. The number of rotatable bonds is 6. The Labute approximate surface area is 70.1 Å². The van der Waals surface area contributed by atoms with Crippen LogP contribution < -0.4 is 10.6 Å². The van der Waals surface area contributed by atoms with Crippen LogP contribution in [0, 0.1) is 0 Å². The van der Waals surface area contributed by atoms with Crippen molar-refractivity contribution in [2.45, 2.75) is 33.6 Å². The first-order valence-electron chi connectivity index (χ1n) is 4.53. The summed E-state index contributed by atoms with van der Waals surface area (Å²) in [7, 11) is 0. The van der Waals surface area contributed by atoms with Gasteiger partial charge in [-0.3, -0.25) is 0 Å². The molecule has 0 unspecified atom stereocenters. The fourth-order valence-corrected chi connectivity index (χ4v) is 0.876. The van der Waals surface area contributed by atoms with Gasteiger partial charge in [-0.2, -0.15) is 0 Å². The zero-order valence-corrected chi connectivity index (χ0v) is 7.91. The molecular weight excluding hydrogens is 136 g/mol. The maximum Gasteiger partial charge on any atom is 0.0945 e. The third-order valence-corrected chi connectivity index (χ3v) is 1.37. The summed E-state index contributed by atoms with van der Waals surface area (Å²) < 4.78 is 0. The molecule has 0 aromatic heterocycles. The quantitative estimate of drug-likeness (QED) is 0.613. The van der Waals surface area contributed by atoms with Crippen molar-refractivity contribution in [2.75, 3.05) is 13.1 Å². The van der Waals surface area contributed by atoms with E-state index in [0.717, 1.165) is 19.5 Å². The predicted octanol–water partition coefficient (Wildman–Crippen LogP) is 1.85. The van der Waals surface area contributed by atoms with Crippen LogP contribution in [0.2, 0.25) is 0 Å². The Bertz CT molecular complexity index is 100. The Morgan fingerprint density at radius 2 is 1.64 bits per heavy atom. The fourth-order valence-electron chi connectivity index (χ4n) is 0.876. The summed E-state index contributed by atoms with van der Waals surface area (Å²) in [5, 5.41) is 6.54. The number of allylic oxidation sites excluding steroid dienone is 1. The smallest absolute Gasteiger partial charge is 0.0945 e. The molecule has 0 amide bonds. The van der Waals surface area contributed by atoms with Crippen LogP contribution in [0.3, 0.4) is 0 Å². The van der Waals surface area contributed by atoms with Gasteiger partial charge < -0.3 is 10.6 Å². The Balaban J connectivity index is 3.66. The van der Waals surface area contributed by atoms with Crippen molar-refractivity contribution in [2.24, 2.45) is 0 Å². The second-order valence-corrected chi connectivity index (χ2v) is 2.47.